The standard InChI is InChI=1S/C30H27Cl2FN4O7S2/c1-43-28-9-5-4-8-25(28)36-45(39,40)19-10-11-27(37-12-14-44-15-13-37)26(16-19)34-30(38)20-17-29(22(32)18-21(20)31)46(41,42)35-24-7-3-2-6-23(24)33/h2-11,16-18,35-36H,12-15H2,1H3,(H,34,38). The van der Waals surface area contributed by atoms with Gasteiger partial charge in [0, 0.05) is 13.1 Å². The van der Waals surface area contributed by atoms with Crippen LogP contribution in [-0.2, 0) is 24.8 Å². The zero-order valence-corrected chi connectivity index (χ0v) is 27.2. The molecule has 16 heteroatoms. The third kappa shape index (κ3) is 7.32. The Labute approximate surface area is 275 Å². The Morgan fingerprint density at radius 2 is 1.48 bits per heavy atom. The van der Waals surface area contributed by atoms with Gasteiger partial charge < -0.3 is 19.7 Å². The summed E-state index contributed by atoms with van der Waals surface area (Å²) in [6.45, 7) is 1.73. The first kappa shape index (κ1) is 33.3. The van der Waals surface area contributed by atoms with Crippen LogP contribution in [0.4, 0.5) is 27.1 Å². The van der Waals surface area contributed by atoms with Crippen molar-refractivity contribution in [3.05, 3.63) is 100 Å². The lowest BCUT2D eigenvalue weighted by molar-refractivity contribution is 0.102. The first-order chi connectivity index (χ1) is 21.9. The molecule has 4 aromatic carbocycles. The predicted octanol–water partition coefficient (Wildman–Crippen LogP) is 5.83. The van der Waals surface area contributed by atoms with Crippen molar-refractivity contribution in [2.24, 2.45) is 0 Å². The van der Waals surface area contributed by atoms with Gasteiger partial charge >= 0.3 is 0 Å². The highest BCUT2D eigenvalue weighted by atomic mass is 35.5. The number of benzene rings is 4. The van der Waals surface area contributed by atoms with E-state index >= 15 is 0 Å². The van der Waals surface area contributed by atoms with Crippen LogP contribution in [0.2, 0.25) is 10.0 Å². The molecule has 0 saturated carbocycles. The number of carbonyl (C=O) groups excluding carboxylic acids is 1. The number of hydrogen-bond donors (Lipinski definition) is 3. The summed E-state index contributed by atoms with van der Waals surface area (Å²) < 4.78 is 82.8. The molecule has 1 saturated heterocycles. The van der Waals surface area contributed by atoms with Crippen LogP contribution in [0.3, 0.4) is 0 Å². The summed E-state index contributed by atoms with van der Waals surface area (Å²) in [5, 5.41) is 2.19. The minimum Gasteiger partial charge on any atom is -0.495 e. The van der Waals surface area contributed by atoms with Crippen LogP contribution in [0.15, 0.2) is 88.7 Å². The molecule has 0 aromatic heterocycles. The summed E-state index contributed by atoms with van der Waals surface area (Å²) >= 11 is 12.6. The lowest BCUT2D eigenvalue weighted by Gasteiger charge is -2.31. The fourth-order valence-electron chi connectivity index (χ4n) is 4.64. The van der Waals surface area contributed by atoms with E-state index < -0.39 is 36.7 Å². The second-order valence-electron chi connectivity index (χ2n) is 9.89. The molecule has 1 amide bonds. The van der Waals surface area contributed by atoms with Gasteiger partial charge in [0.05, 0.1) is 63.6 Å². The fourth-order valence-corrected chi connectivity index (χ4v) is 7.66. The Balaban J connectivity index is 1.51. The van der Waals surface area contributed by atoms with E-state index in [1.54, 1.807) is 24.3 Å². The topological polar surface area (TPSA) is 143 Å². The van der Waals surface area contributed by atoms with E-state index in [2.05, 4.69) is 14.8 Å². The normalized spacial score (nSPS) is 13.6. The molecule has 0 radical (unpaired) electrons. The Morgan fingerprint density at radius 3 is 2.17 bits per heavy atom. The first-order valence-corrected chi connectivity index (χ1v) is 17.3. The number of anilines is 4. The number of rotatable bonds is 10. The van der Waals surface area contributed by atoms with Crippen LogP contribution in [0.5, 0.6) is 5.75 Å². The number of nitrogens with zero attached hydrogens (tertiary/aromatic N) is 1. The van der Waals surface area contributed by atoms with E-state index in [1.165, 1.54) is 43.5 Å². The molecule has 0 aliphatic carbocycles. The van der Waals surface area contributed by atoms with Crippen molar-refractivity contribution in [2.45, 2.75) is 9.79 Å². The SMILES string of the molecule is COc1ccccc1NS(=O)(=O)c1ccc(N2CCOCC2)c(NC(=O)c2cc(S(=O)(=O)Nc3ccccc3F)c(Cl)cc2Cl)c1. The van der Waals surface area contributed by atoms with E-state index in [0.717, 1.165) is 18.2 Å². The Kier molecular flexibility index (Phi) is 9.93. The lowest BCUT2D eigenvalue weighted by Crippen LogP contribution is -2.36. The molecule has 5 rings (SSSR count). The van der Waals surface area contributed by atoms with Crippen molar-refractivity contribution < 1.29 is 35.5 Å². The van der Waals surface area contributed by atoms with Crippen LogP contribution in [0.1, 0.15) is 10.4 Å². The lowest BCUT2D eigenvalue weighted by atomic mass is 10.2. The average Bonchev–Trinajstić information content (AvgIpc) is 3.02. The van der Waals surface area contributed by atoms with E-state index in [4.69, 9.17) is 32.7 Å². The van der Waals surface area contributed by atoms with Gasteiger partial charge in [-0.15, -0.1) is 0 Å². The number of methoxy groups -OCH3 is 1. The molecule has 0 unspecified atom stereocenters. The van der Waals surface area contributed by atoms with E-state index in [9.17, 15) is 26.0 Å². The number of nitrogens with one attached hydrogen (secondary N) is 3. The molecule has 1 heterocycles. The third-order valence-electron chi connectivity index (χ3n) is 6.90. The number of sulfonamides is 2. The molecule has 0 bridgehead atoms. The van der Waals surface area contributed by atoms with Gasteiger partial charge in [-0.1, -0.05) is 47.5 Å². The molecule has 3 N–H and O–H groups in total. The predicted molar refractivity (Wildman–Crippen MR) is 175 cm³/mol. The number of halogens is 3. The van der Waals surface area contributed by atoms with Crippen molar-refractivity contribution in [3.63, 3.8) is 0 Å². The molecule has 46 heavy (non-hydrogen) atoms. The van der Waals surface area contributed by atoms with Crippen molar-refractivity contribution >= 4 is 71.9 Å². The fraction of sp³-hybridized carbons (Fsp3) is 0.167. The molecule has 11 nitrogen and oxygen atoms in total. The number of amides is 1. The van der Waals surface area contributed by atoms with E-state index in [-0.39, 0.29) is 37.6 Å². The molecule has 1 aliphatic rings. The van der Waals surface area contributed by atoms with Crippen molar-refractivity contribution in [3.8, 4) is 5.75 Å². The first-order valence-electron chi connectivity index (χ1n) is 13.6. The summed E-state index contributed by atoms with van der Waals surface area (Å²) in [6.07, 6.45) is 0. The molecular formula is C30H27Cl2FN4O7S2. The van der Waals surface area contributed by atoms with Crippen molar-refractivity contribution in [1.29, 1.82) is 0 Å². The number of morpholine rings is 1. The second kappa shape index (κ2) is 13.7. The van der Waals surface area contributed by atoms with Gasteiger partial charge in [-0.3, -0.25) is 14.2 Å². The molecular weight excluding hydrogens is 682 g/mol. The highest BCUT2D eigenvalue weighted by Gasteiger charge is 2.26. The minimum atomic E-state index is -4.48. The van der Waals surface area contributed by atoms with Crippen LogP contribution in [-0.4, -0.2) is 56.2 Å². The molecule has 1 aliphatic heterocycles. The van der Waals surface area contributed by atoms with Gasteiger partial charge in [0.25, 0.3) is 26.0 Å². The third-order valence-corrected chi connectivity index (χ3v) is 10.4. The highest BCUT2D eigenvalue weighted by Crippen LogP contribution is 2.35. The maximum atomic E-state index is 14.2. The van der Waals surface area contributed by atoms with Crippen LogP contribution < -0.4 is 24.4 Å². The average molecular weight is 710 g/mol. The quantitative estimate of drug-likeness (QED) is 0.187. The van der Waals surface area contributed by atoms with Crippen molar-refractivity contribution in [1.82, 2.24) is 0 Å². The van der Waals surface area contributed by atoms with Gasteiger partial charge in [0.2, 0.25) is 0 Å². The Bertz CT molecular complexity index is 2010. The smallest absolute Gasteiger partial charge is 0.263 e. The molecule has 0 atom stereocenters. The van der Waals surface area contributed by atoms with Gasteiger partial charge in [-0.2, -0.15) is 0 Å². The van der Waals surface area contributed by atoms with E-state index in [1.807, 2.05) is 4.90 Å². The van der Waals surface area contributed by atoms with E-state index in [0.29, 0.717) is 37.7 Å². The summed E-state index contributed by atoms with van der Waals surface area (Å²) in [5.41, 5.74) is 0.197. The number of carbonyl (C=O) groups is 1. The second-order valence-corrected chi connectivity index (χ2v) is 14.0. The summed E-state index contributed by atoms with van der Waals surface area (Å²) in [7, 11) is -7.25. The van der Waals surface area contributed by atoms with Gasteiger partial charge in [-0.05, 0) is 54.6 Å². The summed E-state index contributed by atoms with van der Waals surface area (Å²) in [6, 6.07) is 17.9. The molecule has 0 spiro atoms. The largest absolute Gasteiger partial charge is 0.495 e. The van der Waals surface area contributed by atoms with Gasteiger partial charge in [0.1, 0.15) is 16.5 Å². The molecule has 242 valence electrons. The van der Waals surface area contributed by atoms with Crippen molar-refractivity contribution in [2.75, 3.05) is 53.1 Å². The summed E-state index contributed by atoms with van der Waals surface area (Å²) in [5.74, 6) is -1.37. The zero-order chi connectivity index (χ0) is 33.1. The highest BCUT2D eigenvalue weighted by molar-refractivity contribution is 7.93. The van der Waals surface area contributed by atoms with Crippen LogP contribution in [0, 0.1) is 5.82 Å². The van der Waals surface area contributed by atoms with Gasteiger partial charge in [0.15, 0.2) is 0 Å². The maximum absolute atomic E-state index is 14.2. The van der Waals surface area contributed by atoms with Crippen LogP contribution in [0.25, 0.3) is 0 Å². The number of ether oxygens (including phenoxy) is 2. The number of para-hydroxylation sites is 3. The maximum Gasteiger partial charge on any atom is 0.263 e. The molecule has 1 fully saturated rings. The van der Waals surface area contributed by atoms with Crippen LogP contribution >= 0.6 is 23.2 Å². The Morgan fingerprint density at radius 1 is 0.826 bits per heavy atom. The summed E-state index contributed by atoms with van der Waals surface area (Å²) in [4.78, 5) is 14.9. The zero-order valence-electron chi connectivity index (χ0n) is 24.1. The Hall–Kier alpha value is -4.08. The minimum absolute atomic E-state index is 0.106. The monoisotopic (exact) mass is 708 g/mol. The number of hydrogen-bond acceptors (Lipinski definition) is 8. The molecule has 4 aromatic rings. The van der Waals surface area contributed by atoms with Gasteiger partial charge in [-0.25, -0.2) is 21.2 Å².